The number of rotatable bonds is 5. The Morgan fingerprint density at radius 2 is 2.39 bits per heavy atom. The van der Waals surface area contributed by atoms with Crippen molar-refractivity contribution in [3.63, 3.8) is 0 Å². The molecule has 1 aromatic heterocycles. The van der Waals surface area contributed by atoms with Crippen LogP contribution in [0.5, 0.6) is 0 Å². The van der Waals surface area contributed by atoms with Crippen molar-refractivity contribution in [2.45, 2.75) is 24.9 Å². The first-order valence-electron chi connectivity index (χ1n) is 5.88. The normalized spacial score (nSPS) is 23.2. The average Bonchev–Trinajstić information content (AvgIpc) is 2.94. The molecule has 0 saturated carbocycles. The smallest absolute Gasteiger partial charge is 0.220 e. The van der Waals surface area contributed by atoms with Gasteiger partial charge < -0.3 is 10.4 Å². The standard InChI is InChI=1S/C12H16ClNO2S2/c13-10-3-1-9(18-10)2-4-11(15)14-7-12(16)5-6-17-8-12/h1,3,16H,2,4-8H2,(H,14,15)/t12-/m1/s1. The van der Waals surface area contributed by atoms with Gasteiger partial charge in [0.1, 0.15) is 0 Å². The summed E-state index contributed by atoms with van der Waals surface area (Å²) in [7, 11) is 0. The average molecular weight is 306 g/mol. The van der Waals surface area contributed by atoms with Gasteiger partial charge in [0.15, 0.2) is 0 Å². The highest BCUT2D eigenvalue weighted by Gasteiger charge is 2.31. The molecule has 1 saturated heterocycles. The van der Waals surface area contributed by atoms with Crippen LogP contribution in [0.1, 0.15) is 17.7 Å². The van der Waals surface area contributed by atoms with Crippen molar-refractivity contribution < 1.29 is 9.90 Å². The summed E-state index contributed by atoms with van der Waals surface area (Å²) in [4.78, 5) is 12.8. The van der Waals surface area contributed by atoms with Crippen LogP contribution in [0, 0.1) is 0 Å². The molecule has 3 nitrogen and oxygen atoms in total. The van der Waals surface area contributed by atoms with Gasteiger partial charge in [-0.2, -0.15) is 11.8 Å². The van der Waals surface area contributed by atoms with E-state index < -0.39 is 5.60 Å². The fourth-order valence-electron chi connectivity index (χ4n) is 1.81. The molecule has 2 rings (SSSR count). The highest BCUT2D eigenvalue weighted by atomic mass is 35.5. The Hall–Kier alpha value is -0.230. The number of halogens is 1. The van der Waals surface area contributed by atoms with Gasteiger partial charge in [-0.3, -0.25) is 4.79 Å². The number of aryl methyl sites for hydroxylation is 1. The van der Waals surface area contributed by atoms with Crippen molar-refractivity contribution in [3.8, 4) is 0 Å². The van der Waals surface area contributed by atoms with Gasteiger partial charge in [-0.05, 0) is 30.7 Å². The van der Waals surface area contributed by atoms with Crippen molar-refractivity contribution in [2.75, 3.05) is 18.1 Å². The van der Waals surface area contributed by atoms with Crippen LogP contribution in [0.4, 0.5) is 0 Å². The lowest BCUT2D eigenvalue weighted by Gasteiger charge is -2.21. The fourth-order valence-corrected chi connectivity index (χ4v) is 4.19. The molecule has 0 aromatic carbocycles. The molecular weight excluding hydrogens is 290 g/mol. The second-order valence-electron chi connectivity index (χ2n) is 4.51. The second-order valence-corrected chi connectivity index (χ2v) is 7.41. The SMILES string of the molecule is O=C(CCc1ccc(Cl)s1)NC[C@]1(O)CCSC1. The van der Waals surface area contributed by atoms with Crippen molar-refractivity contribution >= 4 is 40.6 Å². The lowest BCUT2D eigenvalue weighted by molar-refractivity contribution is -0.122. The van der Waals surface area contributed by atoms with E-state index in [4.69, 9.17) is 11.6 Å². The number of thioether (sulfide) groups is 1. The van der Waals surface area contributed by atoms with Crippen LogP contribution in [0.15, 0.2) is 12.1 Å². The summed E-state index contributed by atoms with van der Waals surface area (Å²) >= 11 is 9.06. The van der Waals surface area contributed by atoms with Crippen molar-refractivity contribution in [1.82, 2.24) is 5.32 Å². The second kappa shape index (κ2) is 6.28. The predicted octanol–water partition coefficient (Wildman–Crippen LogP) is 2.32. The van der Waals surface area contributed by atoms with Gasteiger partial charge in [-0.15, -0.1) is 11.3 Å². The molecule has 1 aromatic rings. The Bertz CT molecular complexity index is 416. The minimum absolute atomic E-state index is 0.00940. The third-order valence-corrected chi connectivity index (χ3v) is 5.45. The van der Waals surface area contributed by atoms with Gasteiger partial charge in [0.2, 0.25) is 5.91 Å². The molecular formula is C12H16ClNO2S2. The third kappa shape index (κ3) is 4.16. The summed E-state index contributed by atoms with van der Waals surface area (Å²) < 4.78 is 0.752. The highest BCUT2D eigenvalue weighted by Crippen LogP contribution is 2.27. The zero-order valence-corrected chi connectivity index (χ0v) is 12.3. The molecule has 0 unspecified atom stereocenters. The number of hydrogen-bond donors (Lipinski definition) is 2. The molecule has 0 radical (unpaired) electrons. The van der Waals surface area contributed by atoms with Gasteiger partial charge in [0.25, 0.3) is 0 Å². The van der Waals surface area contributed by atoms with Crippen LogP contribution in [0.3, 0.4) is 0 Å². The molecule has 2 N–H and O–H groups in total. The minimum atomic E-state index is -0.702. The van der Waals surface area contributed by atoms with Gasteiger partial charge in [0.05, 0.1) is 9.94 Å². The molecule has 100 valence electrons. The summed E-state index contributed by atoms with van der Waals surface area (Å²) in [6.07, 6.45) is 1.91. The van der Waals surface area contributed by atoms with E-state index in [1.54, 1.807) is 11.8 Å². The van der Waals surface area contributed by atoms with E-state index in [1.807, 2.05) is 12.1 Å². The summed E-state index contributed by atoms with van der Waals surface area (Å²) in [6, 6.07) is 3.79. The fraction of sp³-hybridized carbons (Fsp3) is 0.583. The summed E-state index contributed by atoms with van der Waals surface area (Å²) in [5.74, 6) is 1.68. The molecule has 1 aliphatic heterocycles. The van der Waals surface area contributed by atoms with Crippen LogP contribution >= 0.6 is 34.7 Å². The van der Waals surface area contributed by atoms with Gasteiger partial charge in [-0.1, -0.05) is 11.6 Å². The van der Waals surface area contributed by atoms with Crippen LogP contribution in [0.25, 0.3) is 0 Å². The highest BCUT2D eigenvalue weighted by molar-refractivity contribution is 7.99. The zero-order chi connectivity index (χ0) is 13.0. The predicted molar refractivity (Wildman–Crippen MR) is 77.6 cm³/mol. The molecule has 0 spiro atoms. The van der Waals surface area contributed by atoms with Gasteiger partial charge in [-0.25, -0.2) is 0 Å². The van der Waals surface area contributed by atoms with Crippen LogP contribution < -0.4 is 5.32 Å². The van der Waals surface area contributed by atoms with Gasteiger partial charge >= 0.3 is 0 Å². The largest absolute Gasteiger partial charge is 0.387 e. The first-order chi connectivity index (χ1) is 8.57. The number of aliphatic hydroxyl groups is 1. The van der Waals surface area contributed by atoms with Gasteiger partial charge in [0, 0.05) is 23.6 Å². The number of carbonyl (C=O) groups excluding carboxylic acids is 1. The summed E-state index contributed by atoms with van der Waals surface area (Å²) in [5, 5.41) is 12.9. The molecule has 1 amide bonds. The maximum absolute atomic E-state index is 11.7. The Kier molecular flexibility index (Phi) is 4.95. The molecule has 6 heteroatoms. The lowest BCUT2D eigenvalue weighted by Crippen LogP contribution is -2.42. The molecule has 0 bridgehead atoms. The van der Waals surface area contributed by atoms with Crippen molar-refractivity contribution in [1.29, 1.82) is 0 Å². The molecule has 0 aliphatic carbocycles. The topological polar surface area (TPSA) is 49.3 Å². The Labute approximate surface area is 120 Å². The molecule has 1 fully saturated rings. The number of nitrogens with one attached hydrogen (secondary N) is 1. The first-order valence-corrected chi connectivity index (χ1v) is 8.23. The Morgan fingerprint density at radius 1 is 1.56 bits per heavy atom. The van der Waals surface area contributed by atoms with E-state index in [2.05, 4.69) is 5.32 Å². The molecule has 18 heavy (non-hydrogen) atoms. The number of carbonyl (C=O) groups is 1. The van der Waals surface area contributed by atoms with Crippen LogP contribution in [-0.4, -0.2) is 34.7 Å². The quantitative estimate of drug-likeness (QED) is 0.878. The van der Waals surface area contributed by atoms with E-state index in [-0.39, 0.29) is 5.91 Å². The molecule has 1 atom stereocenters. The molecule has 2 heterocycles. The van der Waals surface area contributed by atoms with E-state index in [0.717, 1.165) is 21.4 Å². The monoisotopic (exact) mass is 305 g/mol. The Balaban J connectivity index is 1.69. The van der Waals surface area contributed by atoms with E-state index in [9.17, 15) is 9.90 Å². The Morgan fingerprint density at radius 3 is 3.00 bits per heavy atom. The van der Waals surface area contributed by atoms with E-state index >= 15 is 0 Å². The first kappa shape index (κ1) is 14.2. The molecule has 1 aliphatic rings. The summed E-state index contributed by atoms with van der Waals surface area (Å²) in [5.41, 5.74) is -0.702. The van der Waals surface area contributed by atoms with Crippen molar-refractivity contribution in [2.24, 2.45) is 0 Å². The maximum atomic E-state index is 11.7. The zero-order valence-electron chi connectivity index (χ0n) is 9.95. The van der Waals surface area contributed by atoms with Crippen molar-refractivity contribution in [3.05, 3.63) is 21.3 Å². The van der Waals surface area contributed by atoms with E-state index in [0.29, 0.717) is 25.1 Å². The number of amides is 1. The van der Waals surface area contributed by atoms with Crippen LogP contribution in [-0.2, 0) is 11.2 Å². The third-order valence-electron chi connectivity index (χ3n) is 2.92. The van der Waals surface area contributed by atoms with Crippen LogP contribution in [0.2, 0.25) is 4.34 Å². The number of thiophene rings is 1. The summed E-state index contributed by atoms with van der Waals surface area (Å²) in [6.45, 7) is 0.365. The number of hydrogen-bond acceptors (Lipinski definition) is 4. The van der Waals surface area contributed by atoms with E-state index in [1.165, 1.54) is 11.3 Å². The lowest BCUT2D eigenvalue weighted by atomic mass is 10.0. The maximum Gasteiger partial charge on any atom is 0.220 e. The minimum Gasteiger partial charge on any atom is -0.387 e.